The molecule has 1 saturated heterocycles. The third kappa shape index (κ3) is 3.09. The minimum atomic E-state index is -3.52. The van der Waals surface area contributed by atoms with Crippen molar-refractivity contribution < 1.29 is 8.42 Å². The van der Waals surface area contributed by atoms with E-state index in [9.17, 15) is 13.2 Å². The first-order valence-electron chi connectivity index (χ1n) is 7.58. The van der Waals surface area contributed by atoms with Crippen molar-refractivity contribution in [3.8, 4) is 0 Å². The Morgan fingerprint density at radius 2 is 1.87 bits per heavy atom. The van der Waals surface area contributed by atoms with E-state index in [2.05, 4.69) is 5.10 Å². The fourth-order valence-electron chi connectivity index (χ4n) is 2.85. The molecule has 2 aromatic rings. The van der Waals surface area contributed by atoms with Gasteiger partial charge in [-0.2, -0.15) is 9.40 Å². The van der Waals surface area contributed by atoms with Gasteiger partial charge < -0.3 is 4.57 Å². The van der Waals surface area contributed by atoms with Crippen LogP contribution in [-0.4, -0.2) is 40.2 Å². The molecule has 124 valence electrons. The molecule has 0 unspecified atom stereocenters. The molecule has 23 heavy (non-hydrogen) atoms. The van der Waals surface area contributed by atoms with Crippen LogP contribution >= 0.6 is 0 Å². The van der Waals surface area contributed by atoms with E-state index >= 15 is 0 Å². The topological polar surface area (TPSA) is 77.2 Å². The van der Waals surface area contributed by atoms with Crippen molar-refractivity contribution in [2.75, 3.05) is 13.1 Å². The maximum absolute atomic E-state index is 12.6. The van der Waals surface area contributed by atoms with Gasteiger partial charge in [0.2, 0.25) is 10.0 Å². The predicted octanol–water partition coefficient (Wildman–Crippen LogP) is 0.723. The minimum Gasteiger partial charge on any atom is -0.310 e. The van der Waals surface area contributed by atoms with Crippen LogP contribution in [0.4, 0.5) is 0 Å². The second-order valence-corrected chi connectivity index (χ2v) is 7.79. The SMILES string of the molecule is Cc1nn(C)cc1Cn1cc(S(=O)(=O)N2CCCC2)ccc1=O. The van der Waals surface area contributed by atoms with Crippen molar-refractivity contribution in [1.82, 2.24) is 18.7 Å². The lowest BCUT2D eigenvalue weighted by atomic mass is 10.2. The first-order chi connectivity index (χ1) is 10.9. The highest BCUT2D eigenvalue weighted by molar-refractivity contribution is 7.89. The molecule has 0 spiro atoms. The largest absolute Gasteiger partial charge is 0.310 e. The highest BCUT2D eigenvalue weighted by Crippen LogP contribution is 2.20. The highest BCUT2D eigenvalue weighted by Gasteiger charge is 2.27. The van der Waals surface area contributed by atoms with Crippen molar-refractivity contribution >= 4 is 10.0 Å². The molecule has 3 rings (SSSR count). The smallest absolute Gasteiger partial charge is 0.250 e. The normalized spacial score (nSPS) is 16.1. The maximum Gasteiger partial charge on any atom is 0.250 e. The number of sulfonamides is 1. The first-order valence-corrected chi connectivity index (χ1v) is 9.02. The fraction of sp³-hybridized carbons (Fsp3) is 0.467. The standard InChI is InChI=1S/C15H20N4O3S/c1-12-13(9-17(2)16-12)10-18-11-14(5-6-15(18)20)23(21,22)19-7-3-4-8-19/h5-6,9,11H,3-4,7-8,10H2,1-2H3. The predicted molar refractivity (Wildman–Crippen MR) is 85.7 cm³/mol. The number of aryl methyl sites for hydroxylation is 2. The Hall–Kier alpha value is -1.93. The van der Waals surface area contributed by atoms with Crippen molar-refractivity contribution in [1.29, 1.82) is 0 Å². The Morgan fingerprint density at radius 3 is 2.48 bits per heavy atom. The van der Waals surface area contributed by atoms with Crippen molar-refractivity contribution in [2.24, 2.45) is 7.05 Å². The fourth-order valence-corrected chi connectivity index (χ4v) is 4.39. The number of pyridine rings is 1. The van der Waals surface area contributed by atoms with Gasteiger partial charge in [-0.15, -0.1) is 0 Å². The summed E-state index contributed by atoms with van der Waals surface area (Å²) in [5, 5.41) is 4.25. The Labute approximate surface area is 135 Å². The summed E-state index contributed by atoms with van der Waals surface area (Å²) >= 11 is 0. The summed E-state index contributed by atoms with van der Waals surface area (Å²) < 4.78 is 29.8. The average molecular weight is 336 g/mol. The van der Waals surface area contributed by atoms with E-state index < -0.39 is 10.0 Å². The summed E-state index contributed by atoms with van der Waals surface area (Å²) in [5.74, 6) is 0. The lowest BCUT2D eigenvalue weighted by Gasteiger charge is -2.16. The van der Waals surface area contributed by atoms with Crippen LogP contribution in [0.5, 0.6) is 0 Å². The van der Waals surface area contributed by atoms with E-state index in [0.29, 0.717) is 19.6 Å². The van der Waals surface area contributed by atoms with Gasteiger partial charge in [-0.25, -0.2) is 8.42 Å². The van der Waals surface area contributed by atoms with Crippen molar-refractivity contribution in [3.05, 3.63) is 46.1 Å². The van der Waals surface area contributed by atoms with Gasteiger partial charge >= 0.3 is 0 Å². The van der Waals surface area contributed by atoms with Gasteiger partial charge in [0.25, 0.3) is 5.56 Å². The van der Waals surface area contributed by atoms with E-state index in [0.717, 1.165) is 24.1 Å². The molecule has 0 amide bonds. The Bertz CT molecular complexity index is 876. The van der Waals surface area contributed by atoms with Gasteiger partial charge in [-0.05, 0) is 25.8 Å². The zero-order chi connectivity index (χ0) is 16.6. The van der Waals surface area contributed by atoms with Gasteiger partial charge in [0.15, 0.2) is 0 Å². The first kappa shape index (κ1) is 15.9. The molecule has 0 aliphatic carbocycles. The molecule has 1 aliphatic rings. The molecule has 1 aliphatic heterocycles. The van der Waals surface area contributed by atoms with Gasteiger partial charge in [0.05, 0.1) is 17.1 Å². The van der Waals surface area contributed by atoms with Gasteiger partial charge in [-0.1, -0.05) is 0 Å². The summed E-state index contributed by atoms with van der Waals surface area (Å²) in [6, 6.07) is 2.71. The maximum atomic E-state index is 12.6. The quantitative estimate of drug-likeness (QED) is 0.824. The Kier molecular flexibility index (Phi) is 4.11. The van der Waals surface area contributed by atoms with Crippen molar-refractivity contribution in [2.45, 2.75) is 31.2 Å². The molecule has 0 N–H and O–H groups in total. The highest BCUT2D eigenvalue weighted by atomic mass is 32.2. The summed E-state index contributed by atoms with van der Waals surface area (Å²) in [7, 11) is -1.71. The summed E-state index contributed by atoms with van der Waals surface area (Å²) in [5.41, 5.74) is 1.49. The summed E-state index contributed by atoms with van der Waals surface area (Å²) in [4.78, 5) is 12.2. The van der Waals surface area contributed by atoms with Crippen molar-refractivity contribution in [3.63, 3.8) is 0 Å². The lowest BCUT2D eigenvalue weighted by Crippen LogP contribution is -2.29. The van der Waals surface area contributed by atoms with Gasteiger partial charge in [-0.3, -0.25) is 9.48 Å². The van der Waals surface area contributed by atoms with Crippen LogP contribution in [0.1, 0.15) is 24.1 Å². The second-order valence-electron chi connectivity index (χ2n) is 5.86. The van der Waals surface area contributed by atoms with E-state index in [1.807, 2.05) is 20.2 Å². The number of hydrogen-bond acceptors (Lipinski definition) is 4. The number of aromatic nitrogens is 3. The minimum absolute atomic E-state index is 0.167. The number of hydrogen-bond donors (Lipinski definition) is 0. The summed E-state index contributed by atoms with van der Waals surface area (Å²) in [6.45, 7) is 3.26. The van der Waals surface area contributed by atoms with E-state index in [1.54, 1.807) is 4.68 Å². The monoisotopic (exact) mass is 336 g/mol. The Morgan fingerprint density at radius 1 is 1.17 bits per heavy atom. The van der Waals surface area contributed by atoms with Crippen LogP contribution in [0.2, 0.25) is 0 Å². The van der Waals surface area contributed by atoms with Crippen LogP contribution < -0.4 is 5.56 Å². The molecule has 0 radical (unpaired) electrons. The van der Waals surface area contributed by atoms with Crippen LogP contribution in [0.3, 0.4) is 0 Å². The molecular weight excluding hydrogens is 316 g/mol. The molecule has 8 heteroatoms. The van der Waals surface area contributed by atoms with Crippen LogP contribution in [0.15, 0.2) is 34.2 Å². The second kappa shape index (κ2) is 5.93. The number of nitrogens with zero attached hydrogens (tertiary/aromatic N) is 4. The average Bonchev–Trinajstić information content (AvgIpc) is 3.12. The molecule has 3 heterocycles. The third-order valence-electron chi connectivity index (χ3n) is 4.11. The van der Waals surface area contributed by atoms with Crippen LogP contribution in [-0.2, 0) is 23.6 Å². The van der Waals surface area contributed by atoms with E-state index in [1.165, 1.54) is 27.2 Å². The van der Waals surface area contributed by atoms with Crippen LogP contribution in [0.25, 0.3) is 0 Å². The number of rotatable bonds is 4. The molecule has 2 aromatic heterocycles. The molecule has 0 aromatic carbocycles. The molecule has 7 nitrogen and oxygen atoms in total. The van der Waals surface area contributed by atoms with E-state index in [-0.39, 0.29) is 10.5 Å². The third-order valence-corrected chi connectivity index (χ3v) is 6.00. The van der Waals surface area contributed by atoms with Gasteiger partial charge in [0, 0.05) is 44.2 Å². The zero-order valence-corrected chi connectivity index (χ0v) is 14.1. The Balaban J connectivity index is 1.96. The molecule has 0 bridgehead atoms. The molecular formula is C15H20N4O3S. The van der Waals surface area contributed by atoms with E-state index in [4.69, 9.17) is 0 Å². The molecule has 0 saturated carbocycles. The van der Waals surface area contributed by atoms with Crippen LogP contribution in [0, 0.1) is 6.92 Å². The zero-order valence-electron chi connectivity index (χ0n) is 13.3. The van der Waals surface area contributed by atoms with Gasteiger partial charge in [0.1, 0.15) is 0 Å². The lowest BCUT2D eigenvalue weighted by molar-refractivity contribution is 0.476. The molecule has 1 fully saturated rings. The summed E-state index contributed by atoms with van der Waals surface area (Å²) in [6.07, 6.45) is 5.04. The molecule has 0 atom stereocenters.